The number of unbranched alkanes of at least 4 members (excludes halogenated alkanes) is 1. The molecule has 2 aliphatic heterocycles. The van der Waals surface area contributed by atoms with Gasteiger partial charge in [-0.2, -0.15) is 0 Å². The number of hydroxylamine groups is 2. The first kappa shape index (κ1) is 26.2. The number of rotatable bonds is 14. The highest BCUT2D eigenvalue weighted by Gasteiger charge is 2.35. The molecule has 1 fully saturated rings. The third kappa shape index (κ3) is 7.81. The first-order valence-electron chi connectivity index (χ1n) is 10.6. The SMILES string of the molecule is [N-]=[N+]=NCC(=O)NCCCC[C@H](CC(=O)CCN1C(=O)C=CC1=O)C(=O)ON1C(=O)CCC1=O. The second kappa shape index (κ2) is 12.8. The summed E-state index contributed by atoms with van der Waals surface area (Å²) in [6.07, 6.45) is 2.60. The van der Waals surface area contributed by atoms with Crippen LogP contribution in [0.4, 0.5) is 0 Å². The van der Waals surface area contributed by atoms with Gasteiger partial charge in [-0.15, -0.1) is 5.06 Å². The van der Waals surface area contributed by atoms with Crippen molar-refractivity contribution in [3.63, 3.8) is 0 Å². The fourth-order valence-electron chi connectivity index (χ4n) is 3.29. The molecule has 0 unspecified atom stereocenters. The van der Waals surface area contributed by atoms with Crippen molar-refractivity contribution in [2.45, 2.75) is 44.9 Å². The number of hydrogen-bond donors (Lipinski definition) is 1. The van der Waals surface area contributed by atoms with E-state index in [0.29, 0.717) is 17.9 Å². The maximum absolute atomic E-state index is 12.6. The molecule has 14 heteroatoms. The largest absolute Gasteiger partial charge is 0.356 e. The molecule has 5 amide bonds. The Labute approximate surface area is 193 Å². The molecule has 0 aromatic carbocycles. The molecule has 182 valence electrons. The first-order valence-corrected chi connectivity index (χ1v) is 10.6. The van der Waals surface area contributed by atoms with Gasteiger partial charge in [-0.1, -0.05) is 11.5 Å². The van der Waals surface area contributed by atoms with E-state index in [4.69, 9.17) is 10.4 Å². The number of nitrogens with zero attached hydrogens (tertiary/aromatic N) is 5. The third-order valence-electron chi connectivity index (χ3n) is 5.09. The summed E-state index contributed by atoms with van der Waals surface area (Å²) in [6, 6.07) is 0. The fraction of sp³-hybridized carbons (Fsp3) is 0.550. The second-order valence-electron chi connectivity index (χ2n) is 7.58. The summed E-state index contributed by atoms with van der Waals surface area (Å²) in [4.78, 5) is 91.5. The van der Waals surface area contributed by atoms with Gasteiger partial charge < -0.3 is 10.2 Å². The zero-order valence-electron chi connectivity index (χ0n) is 18.3. The smallest absolute Gasteiger partial charge is 0.336 e. The normalized spacial score (nSPS) is 16.0. The number of carbonyl (C=O) groups is 7. The molecule has 1 atom stereocenters. The van der Waals surface area contributed by atoms with E-state index < -0.39 is 47.2 Å². The molecule has 1 saturated heterocycles. The summed E-state index contributed by atoms with van der Waals surface area (Å²) in [5.74, 6) is -5.11. The molecular formula is C20H24N6O8. The molecule has 2 heterocycles. The highest BCUT2D eigenvalue weighted by atomic mass is 16.7. The Bertz CT molecular complexity index is 921. The van der Waals surface area contributed by atoms with Gasteiger partial charge in [0.1, 0.15) is 12.3 Å². The van der Waals surface area contributed by atoms with Gasteiger partial charge in [0.15, 0.2) is 0 Å². The van der Waals surface area contributed by atoms with Crippen molar-refractivity contribution in [3.05, 3.63) is 22.6 Å². The number of Topliss-reactive ketones (excluding diaryl/α,β-unsaturated/α-hetero) is 1. The van der Waals surface area contributed by atoms with Crippen molar-refractivity contribution in [2.75, 3.05) is 19.6 Å². The molecule has 0 saturated carbocycles. The second-order valence-corrected chi connectivity index (χ2v) is 7.58. The van der Waals surface area contributed by atoms with Crippen molar-refractivity contribution < 1.29 is 38.4 Å². The predicted molar refractivity (Wildman–Crippen MR) is 112 cm³/mol. The Morgan fingerprint density at radius 3 is 2.35 bits per heavy atom. The number of hydrogen-bond acceptors (Lipinski definition) is 9. The predicted octanol–water partition coefficient (Wildman–Crippen LogP) is 0.0809. The van der Waals surface area contributed by atoms with Gasteiger partial charge in [-0.05, 0) is 18.4 Å². The van der Waals surface area contributed by atoms with E-state index in [2.05, 4.69) is 15.3 Å². The minimum Gasteiger partial charge on any atom is -0.356 e. The van der Waals surface area contributed by atoms with E-state index in [1.807, 2.05) is 0 Å². The molecule has 34 heavy (non-hydrogen) atoms. The van der Waals surface area contributed by atoms with Crippen molar-refractivity contribution in [1.29, 1.82) is 0 Å². The lowest BCUT2D eigenvalue weighted by Gasteiger charge is -2.19. The Kier molecular flexibility index (Phi) is 9.90. The van der Waals surface area contributed by atoms with Crippen LogP contribution in [0.15, 0.2) is 17.3 Å². The molecule has 0 spiro atoms. The van der Waals surface area contributed by atoms with Crippen molar-refractivity contribution in [2.24, 2.45) is 11.0 Å². The van der Waals surface area contributed by atoms with Gasteiger partial charge in [0, 0.05) is 55.8 Å². The van der Waals surface area contributed by atoms with Crippen LogP contribution in [0.1, 0.15) is 44.9 Å². The van der Waals surface area contributed by atoms with E-state index in [1.54, 1.807) is 0 Å². The summed E-state index contributed by atoms with van der Waals surface area (Å²) >= 11 is 0. The maximum atomic E-state index is 12.6. The third-order valence-corrected chi connectivity index (χ3v) is 5.09. The zero-order valence-corrected chi connectivity index (χ0v) is 18.3. The van der Waals surface area contributed by atoms with E-state index in [0.717, 1.165) is 17.1 Å². The Hall–Kier alpha value is -4.06. The van der Waals surface area contributed by atoms with Crippen LogP contribution in [-0.4, -0.2) is 70.9 Å². The summed E-state index contributed by atoms with van der Waals surface area (Å²) in [7, 11) is 0. The van der Waals surface area contributed by atoms with Crippen LogP contribution >= 0.6 is 0 Å². The number of azide groups is 1. The molecule has 0 bridgehead atoms. The standard InChI is InChI=1S/C20H24N6O8/c21-24-23-12-15(28)22-9-2-1-3-13(20(33)34-26-18(31)6-7-19(26)32)11-14(27)8-10-25-16(29)4-5-17(25)30/h4-5,13H,1-3,6-12H2,(H,22,28)/t13-/m1/s1. The van der Waals surface area contributed by atoms with Crippen LogP contribution in [0, 0.1) is 5.92 Å². The lowest BCUT2D eigenvalue weighted by molar-refractivity contribution is -0.201. The maximum Gasteiger partial charge on any atom is 0.336 e. The van der Waals surface area contributed by atoms with Gasteiger partial charge >= 0.3 is 5.97 Å². The Morgan fingerprint density at radius 2 is 1.74 bits per heavy atom. The van der Waals surface area contributed by atoms with E-state index in [-0.39, 0.29) is 51.7 Å². The molecule has 0 radical (unpaired) electrons. The number of imide groups is 2. The average Bonchev–Trinajstić information content (AvgIpc) is 3.29. The summed E-state index contributed by atoms with van der Waals surface area (Å²) in [5, 5.41) is 6.07. The van der Waals surface area contributed by atoms with Crippen LogP contribution in [-0.2, 0) is 38.4 Å². The van der Waals surface area contributed by atoms with Crippen LogP contribution in [0.2, 0.25) is 0 Å². The topological polar surface area (TPSA) is 196 Å². The van der Waals surface area contributed by atoms with Crippen molar-refractivity contribution in [1.82, 2.24) is 15.3 Å². The molecule has 0 aliphatic carbocycles. The van der Waals surface area contributed by atoms with Crippen LogP contribution in [0.3, 0.4) is 0 Å². The molecule has 0 aromatic heterocycles. The molecule has 2 rings (SSSR count). The average molecular weight is 476 g/mol. The van der Waals surface area contributed by atoms with Crippen molar-refractivity contribution in [3.8, 4) is 0 Å². The van der Waals surface area contributed by atoms with Crippen LogP contribution < -0.4 is 5.32 Å². The minimum absolute atomic E-state index is 0.0722. The highest BCUT2D eigenvalue weighted by molar-refractivity contribution is 6.13. The fourth-order valence-corrected chi connectivity index (χ4v) is 3.29. The van der Waals surface area contributed by atoms with Gasteiger partial charge in [0.2, 0.25) is 5.91 Å². The van der Waals surface area contributed by atoms with Crippen LogP contribution in [0.25, 0.3) is 10.4 Å². The summed E-state index contributed by atoms with van der Waals surface area (Å²) in [5.41, 5.74) is 8.19. The monoisotopic (exact) mass is 476 g/mol. The number of carbonyl (C=O) groups excluding carboxylic acids is 7. The van der Waals surface area contributed by atoms with Gasteiger partial charge in [0.05, 0.1) is 5.92 Å². The quantitative estimate of drug-likeness (QED) is 0.119. The molecule has 0 aromatic rings. The number of nitrogens with one attached hydrogen (secondary N) is 1. The minimum atomic E-state index is -0.976. The van der Waals surface area contributed by atoms with Gasteiger partial charge in [0.25, 0.3) is 23.6 Å². The molecule has 2 aliphatic rings. The molecule has 14 nitrogen and oxygen atoms in total. The molecular weight excluding hydrogens is 452 g/mol. The van der Waals surface area contributed by atoms with Gasteiger partial charge in [-0.3, -0.25) is 33.7 Å². The van der Waals surface area contributed by atoms with E-state index in [9.17, 15) is 33.6 Å². The zero-order chi connectivity index (χ0) is 25.1. The Balaban J connectivity index is 1.88. The van der Waals surface area contributed by atoms with Crippen molar-refractivity contribution >= 4 is 41.3 Å². The van der Waals surface area contributed by atoms with Crippen LogP contribution in [0.5, 0.6) is 0 Å². The molecule has 1 N–H and O–H groups in total. The summed E-state index contributed by atoms with van der Waals surface area (Å²) < 4.78 is 0. The summed E-state index contributed by atoms with van der Waals surface area (Å²) in [6.45, 7) is -0.230. The highest BCUT2D eigenvalue weighted by Crippen LogP contribution is 2.20. The van der Waals surface area contributed by atoms with Gasteiger partial charge in [-0.25, -0.2) is 4.79 Å². The first-order chi connectivity index (χ1) is 16.2. The number of amides is 5. The van der Waals surface area contributed by atoms with E-state index in [1.165, 1.54) is 0 Å². The Morgan fingerprint density at radius 1 is 1.09 bits per heavy atom. The number of ketones is 1. The van der Waals surface area contributed by atoms with E-state index >= 15 is 0 Å². The lowest BCUT2D eigenvalue weighted by Crippen LogP contribution is -2.36. The lowest BCUT2D eigenvalue weighted by atomic mass is 9.95.